The van der Waals surface area contributed by atoms with Crippen molar-refractivity contribution in [1.82, 2.24) is 0 Å². The van der Waals surface area contributed by atoms with Crippen molar-refractivity contribution < 1.29 is 9.53 Å². The minimum atomic E-state index is 0.448. The molecule has 0 amide bonds. The van der Waals surface area contributed by atoms with Crippen molar-refractivity contribution in [3.05, 3.63) is 0 Å². The van der Waals surface area contributed by atoms with E-state index in [1.54, 1.807) is 0 Å². The molecular formula is C11H17IO2. The van der Waals surface area contributed by atoms with Gasteiger partial charge in [0.1, 0.15) is 5.78 Å². The number of carbonyl (C=O) groups is 1. The molecule has 0 aromatic heterocycles. The Labute approximate surface area is 98.9 Å². The molecule has 2 aliphatic rings. The van der Waals surface area contributed by atoms with Gasteiger partial charge in [0, 0.05) is 16.8 Å². The summed E-state index contributed by atoms with van der Waals surface area (Å²) >= 11 is 2.46. The third kappa shape index (κ3) is 2.69. The molecular weight excluding hydrogens is 291 g/mol. The topological polar surface area (TPSA) is 26.3 Å². The standard InChI is InChI=1S/C11H17IO2/c12-9-3-6-11(14-7-9)8-1-4-10(13)5-2-8/h8-9,11H,1-7H2. The molecule has 2 fully saturated rings. The zero-order chi connectivity index (χ0) is 9.97. The number of rotatable bonds is 1. The number of carbonyl (C=O) groups excluding carboxylic acids is 1. The predicted octanol–water partition coefficient (Wildman–Crippen LogP) is 2.73. The highest BCUT2D eigenvalue weighted by atomic mass is 127. The molecule has 14 heavy (non-hydrogen) atoms. The van der Waals surface area contributed by atoms with Crippen molar-refractivity contribution in [1.29, 1.82) is 0 Å². The minimum absolute atomic E-state index is 0.448. The normalized spacial score (nSPS) is 35.9. The molecule has 1 heterocycles. The highest BCUT2D eigenvalue weighted by Gasteiger charge is 2.30. The number of alkyl halides is 1. The van der Waals surface area contributed by atoms with Gasteiger partial charge in [-0.15, -0.1) is 0 Å². The second-order valence-electron chi connectivity index (χ2n) is 4.42. The fraction of sp³-hybridized carbons (Fsp3) is 0.909. The lowest BCUT2D eigenvalue weighted by Crippen LogP contribution is -2.34. The van der Waals surface area contributed by atoms with Crippen LogP contribution in [0.5, 0.6) is 0 Å². The van der Waals surface area contributed by atoms with E-state index in [1.807, 2.05) is 0 Å². The van der Waals surface area contributed by atoms with E-state index in [4.69, 9.17) is 4.74 Å². The third-order valence-electron chi connectivity index (χ3n) is 3.37. The first kappa shape index (κ1) is 10.9. The molecule has 0 N–H and O–H groups in total. The third-order valence-corrected chi connectivity index (χ3v) is 4.35. The lowest BCUT2D eigenvalue weighted by Gasteiger charge is -2.34. The smallest absolute Gasteiger partial charge is 0.132 e. The van der Waals surface area contributed by atoms with Gasteiger partial charge in [-0.3, -0.25) is 4.79 Å². The molecule has 1 aliphatic heterocycles. The molecule has 1 saturated heterocycles. The zero-order valence-electron chi connectivity index (χ0n) is 8.38. The SMILES string of the molecule is O=C1CCC(C2CCC(I)CO2)CC1. The van der Waals surface area contributed by atoms with Crippen LogP contribution in [0.1, 0.15) is 38.5 Å². The summed E-state index contributed by atoms with van der Waals surface area (Å²) in [5.74, 6) is 1.11. The first-order chi connectivity index (χ1) is 6.75. The summed E-state index contributed by atoms with van der Waals surface area (Å²) in [4.78, 5) is 11.1. The molecule has 0 spiro atoms. The number of ether oxygens (including phenoxy) is 1. The average Bonchev–Trinajstić information content (AvgIpc) is 2.21. The summed E-state index contributed by atoms with van der Waals surface area (Å²) in [5, 5.41) is 0. The quantitative estimate of drug-likeness (QED) is 0.550. The summed E-state index contributed by atoms with van der Waals surface area (Å²) in [6.45, 7) is 0.912. The maximum atomic E-state index is 11.1. The van der Waals surface area contributed by atoms with Gasteiger partial charge >= 0.3 is 0 Å². The second kappa shape index (κ2) is 4.92. The van der Waals surface area contributed by atoms with Crippen molar-refractivity contribution in [3.63, 3.8) is 0 Å². The van der Waals surface area contributed by atoms with Crippen LogP contribution in [-0.2, 0) is 9.53 Å². The van der Waals surface area contributed by atoms with Crippen LogP contribution in [0, 0.1) is 5.92 Å². The van der Waals surface area contributed by atoms with Crippen LogP contribution in [0.25, 0.3) is 0 Å². The lowest BCUT2D eigenvalue weighted by atomic mass is 9.82. The van der Waals surface area contributed by atoms with E-state index in [0.717, 1.165) is 32.3 Å². The van der Waals surface area contributed by atoms with Gasteiger partial charge < -0.3 is 4.74 Å². The van der Waals surface area contributed by atoms with Crippen molar-refractivity contribution in [2.75, 3.05) is 6.61 Å². The molecule has 3 heteroatoms. The Morgan fingerprint density at radius 3 is 2.43 bits per heavy atom. The van der Waals surface area contributed by atoms with Gasteiger partial charge in [-0.05, 0) is 31.6 Å². The molecule has 2 unspecified atom stereocenters. The van der Waals surface area contributed by atoms with Crippen LogP contribution < -0.4 is 0 Å². The van der Waals surface area contributed by atoms with Crippen LogP contribution in [0.2, 0.25) is 0 Å². The van der Waals surface area contributed by atoms with Gasteiger partial charge in [0.2, 0.25) is 0 Å². The summed E-state index contributed by atoms with van der Waals surface area (Å²) < 4.78 is 6.55. The summed E-state index contributed by atoms with van der Waals surface area (Å²) in [5.41, 5.74) is 0. The Bertz CT molecular complexity index is 199. The maximum Gasteiger partial charge on any atom is 0.132 e. The summed E-state index contributed by atoms with van der Waals surface area (Å²) in [6, 6.07) is 0. The van der Waals surface area contributed by atoms with Gasteiger partial charge in [0.25, 0.3) is 0 Å². The number of halogens is 1. The second-order valence-corrected chi connectivity index (χ2v) is 6.18. The lowest BCUT2D eigenvalue weighted by molar-refractivity contribution is -0.122. The predicted molar refractivity (Wildman–Crippen MR) is 63.7 cm³/mol. The number of Topliss-reactive ketones (excluding diaryl/α,β-unsaturated/α-hetero) is 1. The van der Waals surface area contributed by atoms with Crippen molar-refractivity contribution in [2.45, 2.75) is 48.6 Å². The average molecular weight is 308 g/mol. The van der Waals surface area contributed by atoms with Gasteiger partial charge in [-0.25, -0.2) is 0 Å². The Morgan fingerprint density at radius 2 is 1.86 bits per heavy atom. The zero-order valence-corrected chi connectivity index (χ0v) is 10.5. The highest BCUT2D eigenvalue weighted by Crippen LogP contribution is 2.32. The van der Waals surface area contributed by atoms with Crippen molar-refractivity contribution in [3.8, 4) is 0 Å². The van der Waals surface area contributed by atoms with Gasteiger partial charge in [0.15, 0.2) is 0 Å². The Hall–Kier alpha value is 0.360. The molecule has 0 aromatic carbocycles. The van der Waals surface area contributed by atoms with E-state index < -0.39 is 0 Å². The van der Waals surface area contributed by atoms with Gasteiger partial charge in [-0.2, -0.15) is 0 Å². The Balaban J connectivity index is 1.81. The number of hydrogen-bond acceptors (Lipinski definition) is 2. The highest BCUT2D eigenvalue weighted by molar-refractivity contribution is 14.1. The number of hydrogen-bond donors (Lipinski definition) is 0. The van der Waals surface area contributed by atoms with Crippen LogP contribution in [0.15, 0.2) is 0 Å². The minimum Gasteiger partial charge on any atom is -0.377 e. The van der Waals surface area contributed by atoms with Crippen molar-refractivity contribution in [2.24, 2.45) is 5.92 Å². The van der Waals surface area contributed by atoms with E-state index in [-0.39, 0.29) is 0 Å². The molecule has 0 aromatic rings. The van der Waals surface area contributed by atoms with Crippen LogP contribution in [0.3, 0.4) is 0 Å². The van der Waals surface area contributed by atoms with E-state index in [1.165, 1.54) is 12.8 Å². The van der Waals surface area contributed by atoms with Crippen molar-refractivity contribution >= 4 is 28.4 Å². The van der Waals surface area contributed by atoms with E-state index in [2.05, 4.69) is 22.6 Å². The van der Waals surface area contributed by atoms with Crippen LogP contribution in [-0.4, -0.2) is 22.4 Å². The monoisotopic (exact) mass is 308 g/mol. The molecule has 1 saturated carbocycles. The Kier molecular flexibility index (Phi) is 3.82. The van der Waals surface area contributed by atoms with Gasteiger partial charge in [0.05, 0.1) is 12.7 Å². The number of ketones is 1. The first-order valence-electron chi connectivity index (χ1n) is 5.53. The molecule has 0 bridgehead atoms. The fourth-order valence-corrected chi connectivity index (χ4v) is 3.01. The molecule has 2 rings (SSSR count). The molecule has 80 valence electrons. The molecule has 2 atom stereocenters. The van der Waals surface area contributed by atoms with E-state index in [9.17, 15) is 4.79 Å². The Morgan fingerprint density at radius 1 is 1.14 bits per heavy atom. The largest absolute Gasteiger partial charge is 0.377 e. The fourth-order valence-electron chi connectivity index (χ4n) is 2.45. The molecule has 2 nitrogen and oxygen atoms in total. The molecule has 0 radical (unpaired) electrons. The summed E-state index contributed by atoms with van der Waals surface area (Å²) in [7, 11) is 0. The van der Waals surface area contributed by atoms with Crippen LogP contribution in [0.4, 0.5) is 0 Å². The summed E-state index contributed by atoms with van der Waals surface area (Å²) in [6.07, 6.45) is 6.65. The van der Waals surface area contributed by atoms with Gasteiger partial charge in [-0.1, -0.05) is 22.6 Å². The van der Waals surface area contributed by atoms with Crippen LogP contribution >= 0.6 is 22.6 Å². The first-order valence-corrected chi connectivity index (χ1v) is 6.77. The molecule has 1 aliphatic carbocycles. The van der Waals surface area contributed by atoms with E-state index >= 15 is 0 Å². The maximum absolute atomic E-state index is 11.1. The van der Waals surface area contributed by atoms with E-state index in [0.29, 0.717) is 21.7 Å².